The molecule has 0 unspecified atom stereocenters. The molecule has 0 spiro atoms. The summed E-state index contributed by atoms with van der Waals surface area (Å²) in [6, 6.07) is 5.84. The molecule has 0 saturated carbocycles. The minimum absolute atomic E-state index is 0.723. The second kappa shape index (κ2) is 4.88. The number of anilines is 1. The molecular formula is C14H13N3O2S. The molecule has 6 heteroatoms. The number of ether oxygens (including phenoxy) is 1. The van der Waals surface area contributed by atoms with Gasteiger partial charge in [0, 0.05) is 13.1 Å². The van der Waals surface area contributed by atoms with Crippen molar-refractivity contribution in [2.45, 2.75) is 0 Å². The summed E-state index contributed by atoms with van der Waals surface area (Å²) in [4.78, 5) is 11.5. The number of hydrogen-bond donors (Lipinski definition) is 0. The lowest BCUT2D eigenvalue weighted by molar-refractivity contribution is 0.122. The van der Waals surface area contributed by atoms with Gasteiger partial charge in [-0.05, 0) is 23.6 Å². The van der Waals surface area contributed by atoms with Crippen LogP contribution in [0.5, 0.6) is 0 Å². The largest absolute Gasteiger partial charge is 0.463 e. The van der Waals surface area contributed by atoms with Crippen LogP contribution >= 0.6 is 11.3 Å². The summed E-state index contributed by atoms with van der Waals surface area (Å²) in [7, 11) is 0. The summed E-state index contributed by atoms with van der Waals surface area (Å²) < 4.78 is 12.0. The van der Waals surface area contributed by atoms with E-state index >= 15 is 0 Å². The van der Waals surface area contributed by atoms with Crippen molar-refractivity contribution in [1.29, 1.82) is 0 Å². The van der Waals surface area contributed by atoms with E-state index in [1.807, 2.05) is 23.6 Å². The summed E-state index contributed by atoms with van der Waals surface area (Å²) in [5, 5.41) is 2.04. The molecule has 1 saturated heterocycles. The Morgan fingerprint density at radius 2 is 2.05 bits per heavy atom. The van der Waals surface area contributed by atoms with Gasteiger partial charge in [0.15, 0.2) is 5.76 Å². The number of rotatable bonds is 2. The molecule has 5 nitrogen and oxygen atoms in total. The van der Waals surface area contributed by atoms with E-state index in [1.54, 1.807) is 17.6 Å². The Balaban J connectivity index is 1.86. The van der Waals surface area contributed by atoms with E-state index in [1.165, 1.54) is 0 Å². The number of fused-ring (bicyclic) bond motifs is 1. The van der Waals surface area contributed by atoms with Crippen molar-refractivity contribution in [2.24, 2.45) is 0 Å². The molecule has 4 rings (SSSR count). The van der Waals surface area contributed by atoms with Crippen LogP contribution < -0.4 is 4.90 Å². The van der Waals surface area contributed by atoms with Gasteiger partial charge in [-0.3, -0.25) is 0 Å². The topological polar surface area (TPSA) is 51.4 Å². The molecule has 3 aromatic heterocycles. The summed E-state index contributed by atoms with van der Waals surface area (Å²) in [6.45, 7) is 3.10. The molecule has 0 bridgehead atoms. The normalized spacial score (nSPS) is 15.9. The number of nitrogens with zero attached hydrogens (tertiary/aromatic N) is 3. The molecule has 1 aliphatic heterocycles. The van der Waals surface area contributed by atoms with Crippen LogP contribution in [0.1, 0.15) is 0 Å². The average molecular weight is 287 g/mol. The summed E-state index contributed by atoms with van der Waals surface area (Å²) in [5.41, 5.74) is 1.84. The van der Waals surface area contributed by atoms with Gasteiger partial charge in [0.05, 0.1) is 29.7 Å². The highest BCUT2D eigenvalue weighted by atomic mass is 32.1. The zero-order valence-electron chi connectivity index (χ0n) is 10.8. The molecular weight excluding hydrogens is 274 g/mol. The van der Waals surface area contributed by atoms with Crippen LogP contribution in [0.2, 0.25) is 0 Å². The maximum absolute atomic E-state index is 5.51. The Hall–Kier alpha value is -1.92. The van der Waals surface area contributed by atoms with Crippen LogP contribution in [-0.4, -0.2) is 36.3 Å². The molecule has 4 heterocycles. The highest BCUT2D eigenvalue weighted by Crippen LogP contribution is 2.32. The third kappa shape index (κ3) is 1.97. The summed E-state index contributed by atoms with van der Waals surface area (Å²) in [6.07, 6.45) is 1.67. The molecule has 102 valence electrons. The van der Waals surface area contributed by atoms with Crippen molar-refractivity contribution < 1.29 is 9.15 Å². The van der Waals surface area contributed by atoms with Crippen molar-refractivity contribution in [1.82, 2.24) is 9.97 Å². The van der Waals surface area contributed by atoms with Crippen LogP contribution in [0.4, 0.5) is 5.95 Å². The fraction of sp³-hybridized carbons (Fsp3) is 0.286. The van der Waals surface area contributed by atoms with Gasteiger partial charge in [-0.1, -0.05) is 0 Å². The number of hydrogen-bond acceptors (Lipinski definition) is 6. The van der Waals surface area contributed by atoms with Crippen LogP contribution in [0.15, 0.2) is 34.3 Å². The van der Waals surface area contributed by atoms with Gasteiger partial charge in [-0.25, -0.2) is 9.97 Å². The van der Waals surface area contributed by atoms with E-state index < -0.39 is 0 Å². The van der Waals surface area contributed by atoms with Crippen molar-refractivity contribution in [3.8, 4) is 11.5 Å². The Kier molecular flexibility index (Phi) is 2.90. The first kappa shape index (κ1) is 11.9. The van der Waals surface area contributed by atoms with Gasteiger partial charge < -0.3 is 14.1 Å². The third-order valence-electron chi connectivity index (χ3n) is 3.34. The fourth-order valence-electron chi connectivity index (χ4n) is 2.34. The first-order valence-corrected chi connectivity index (χ1v) is 7.41. The van der Waals surface area contributed by atoms with Crippen LogP contribution in [0.25, 0.3) is 21.7 Å². The highest BCUT2D eigenvalue weighted by molar-refractivity contribution is 7.17. The van der Waals surface area contributed by atoms with E-state index in [0.29, 0.717) is 0 Å². The average Bonchev–Trinajstić information content (AvgIpc) is 3.18. The van der Waals surface area contributed by atoms with E-state index in [-0.39, 0.29) is 0 Å². The zero-order chi connectivity index (χ0) is 13.4. The van der Waals surface area contributed by atoms with Gasteiger partial charge in [0.25, 0.3) is 0 Å². The summed E-state index contributed by atoms with van der Waals surface area (Å²) in [5.74, 6) is 1.54. The van der Waals surface area contributed by atoms with Gasteiger partial charge in [0.1, 0.15) is 5.69 Å². The fourth-order valence-corrected chi connectivity index (χ4v) is 3.16. The third-order valence-corrected chi connectivity index (χ3v) is 4.25. The Bertz CT molecular complexity index is 717. The first-order chi connectivity index (χ1) is 9.92. The van der Waals surface area contributed by atoms with Crippen molar-refractivity contribution in [2.75, 3.05) is 31.2 Å². The number of morpholine rings is 1. The molecule has 1 fully saturated rings. The summed E-state index contributed by atoms with van der Waals surface area (Å²) >= 11 is 1.64. The molecule has 20 heavy (non-hydrogen) atoms. The lowest BCUT2D eigenvalue weighted by Crippen LogP contribution is -2.37. The van der Waals surface area contributed by atoms with Gasteiger partial charge in [-0.15, -0.1) is 11.3 Å². The monoisotopic (exact) mass is 287 g/mol. The zero-order valence-corrected chi connectivity index (χ0v) is 11.6. The van der Waals surface area contributed by atoms with Crippen molar-refractivity contribution in [3.63, 3.8) is 0 Å². The highest BCUT2D eigenvalue weighted by Gasteiger charge is 2.18. The second-order valence-electron chi connectivity index (χ2n) is 4.58. The standard InChI is InChI=1S/C14H13N3O2S/c1-2-11(19-6-1)12-13-10(3-9-20-13)15-14(16-12)17-4-7-18-8-5-17/h1-3,6,9H,4-5,7-8H2. The van der Waals surface area contributed by atoms with E-state index in [4.69, 9.17) is 14.1 Å². The Labute approximate surface area is 119 Å². The van der Waals surface area contributed by atoms with Crippen molar-refractivity contribution in [3.05, 3.63) is 29.8 Å². The van der Waals surface area contributed by atoms with Crippen LogP contribution in [0.3, 0.4) is 0 Å². The molecule has 0 N–H and O–H groups in total. The SMILES string of the molecule is c1coc(-c2nc(N3CCOCC3)nc3ccsc23)c1. The Morgan fingerprint density at radius 3 is 2.85 bits per heavy atom. The quantitative estimate of drug-likeness (QED) is 0.725. The molecule has 3 aromatic rings. The van der Waals surface area contributed by atoms with E-state index in [9.17, 15) is 0 Å². The van der Waals surface area contributed by atoms with Crippen molar-refractivity contribution >= 4 is 27.5 Å². The van der Waals surface area contributed by atoms with E-state index in [2.05, 4.69) is 9.88 Å². The predicted octanol–water partition coefficient (Wildman–Crippen LogP) is 2.79. The minimum Gasteiger partial charge on any atom is -0.463 e. The smallest absolute Gasteiger partial charge is 0.226 e. The van der Waals surface area contributed by atoms with Crippen LogP contribution in [0, 0.1) is 0 Å². The molecule has 1 aliphatic rings. The molecule has 0 amide bonds. The first-order valence-electron chi connectivity index (χ1n) is 6.53. The van der Waals surface area contributed by atoms with Gasteiger partial charge in [0.2, 0.25) is 5.95 Å². The molecule has 0 atom stereocenters. The lowest BCUT2D eigenvalue weighted by atomic mass is 10.3. The Morgan fingerprint density at radius 1 is 1.15 bits per heavy atom. The number of thiophene rings is 1. The molecule has 0 aromatic carbocycles. The van der Waals surface area contributed by atoms with E-state index in [0.717, 1.165) is 53.9 Å². The molecule has 0 aliphatic carbocycles. The second-order valence-corrected chi connectivity index (χ2v) is 5.50. The maximum atomic E-state index is 5.51. The minimum atomic E-state index is 0.723. The van der Waals surface area contributed by atoms with Gasteiger partial charge in [-0.2, -0.15) is 0 Å². The maximum Gasteiger partial charge on any atom is 0.226 e. The number of aromatic nitrogens is 2. The predicted molar refractivity (Wildman–Crippen MR) is 78.1 cm³/mol. The van der Waals surface area contributed by atoms with Gasteiger partial charge >= 0.3 is 0 Å². The molecule has 0 radical (unpaired) electrons. The van der Waals surface area contributed by atoms with Crippen LogP contribution in [-0.2, 0) is 4.74 Å². The lowest BCUT2D eigenvalue weighted by Gasteiger charge is -2.26. The number of furan rings is 1.